The maximum atomic E-state index is 13.4. The molecule has 1 aromatic rings. The maximum absolute atomic E-state index is 13.4. The fraction of sp³-hybridized carbons (Fsp3) is 0.500. The zero-order chi connectivity index (χ0) is 21.8. The summed E-state index contributed by atoms with van der Waals surface area (Å²) in [4.78, 5) is 42.0. The van der Waals surface area contributed by atoms with E-state index in [0.29, 0.717) is 48.8 Å². The van der Waals surface area contributed by atoms with E-state index in [-0.39, 0.29) is 30.6 Å². The van der Waals surface area contributed by atoms with Crippen molar-refractivity contribution in [3.63, 3.8) is 0 Å². The number of carbonyl (C=O) groups is 3. The summed E-state index contributed by atoms with van der Waals surface area (Å²) in [6, 6.07) is 5.55. The fourth-order valence-corrected chi connectivity index (χ4v) is 4.85. The van der Waals surface area contributed by atoms with Crippen molar-refractivity contribution >= 4 is 35.2 Å². The second-order valence-electron chi connectivity index (χ2n) is 7.49. The van der Waals surface area contributed by atoms with E-state index in [9.17, 15) is 19.5 Å². The number of piperidine rings is 1. The molecule has 2 aliphatic rings. The molecule has 2 aliphatic heterocycles. The number of benzene rings is 1. The van der Waals surface area contributed by atoms with Crippen LogP contribution in [0.25, 0.3) is 5.57 Å². The number of aliphatic hydroxyl groups excluding tert-OH is 1. The zero-order valence-corrected chi connectivity index (χ0v) is 18.5. The first-order valence-corrected chi connectivity index (χ1v) is 11.2. The number of likely N-dealkylation sites (tertiary alicyclic amines) is 1. The van der Waals surface area contributed by atoms with Crippen molar-refractivity contribution in [2.24, 2.45) is 0 Å². The van der Waals surface area contributed by atoms with Crippen LogP contribution in [0.4, 0.5) is 4.79 Å². The van der Waals surface area contributed by atoms with Crippen molar-refractivity contribution in [3.05, 3.63) is 39.8 Å². The zero-order valence-electron chi connectivity index (χ0n) is 17.6. The van der Waals surface area contributed by atoms with E-state index in [1.807, 2.05) is 32.0 Å². The second-order valence-corrected chi connectivity index (χ2v) is 8.60. The molecular formula is C22H28N2O5S. The summed E-state index contributed by atoms with van der Waals surface area (Å²) in [6.07, 6.45) is 0.686. The summed E-state index contributed by atoms with van der Waals surface area (Å²) in [5.41, 5.74) is 3.20. The molecule has 7 nitrogen and oxygen atoms in total. The summed E-state index contributed by atoms with van der Waals surface area (Å²) in [7, 11) is 0. The van der Waals surface area contributed by atoms with Crippen LogP contribution in [-0.4, -0.2) is 70.9 Å². The minimum absolute atomic E-state index is 0.0757. The Kier molecular flexibility index (Phi) is 7.20. The minimum Gasteiger partial charge on any atom is -0.450 e. The molecule has 30 heavy (non-hydrogen) atoms. The van der Waals surface area contributed by atoms with Crippen LogP contribution >= 0.6 is 11.8 Å². The average molecular weight is 433 g/mol. The van der Waals surface area contributed by atoms with Gasteiger partial charge in [-0.25, -0.2) is 4.79 Å². The first-order valence-electron chi connectivity index (χ1n) is 10.2. The maximum Gasteiger partial charge on any atom is 0.409 e. The smallest absolute Gasteiger partial charge is 0.409 e. The number of aryl methyl sites for hydroxylation is 2. The quantitative estimate of drug-likeness (QED) is 0.696. The van der Waals surface area contributed by atoms with E-state index in [1.54, 1.807) is 11.8 Å². The van der Waals surface area contributed by atoms with Gasteiger partial charge in [0, 0.05) is 24.9 Å². The number of nitrogens with zero attached hydrogens (tertiary/aromatic N) is 2. The molecule has 3 rings (SSSR count). The van der Waals surface area contributed by atoms with Crippen molar-refractivity contribution in [3.8, 4) is 0 Å². The number of carbonyl (C=O) groups excluding carboxylic acids is 3. The molecule has 0 spiro atoms. The molecule has 0 bridgehead atoms. The summed E-state index contributed by atoms with van der Waals surface area (Å²) in [5, 5.41) is 9.26. The average Bonchev–Trinajstić information content (AvgIpc) is 2.96. The van der Waals surface area contributed by atoms with E-state index in [0.717, 1.165) is 16.7 Å². The van der Waals surface area contributed by atoms with E-state index < -0.39 is 0 Å². The Morgan fingerprint density at radius 3 is 2.50 bits per heavy atom. The Bertz CT molecular complexity index is 874. The van der Waals surface area contributed by atoms with Crippen molar-refractivity contribution in [2.75, 3.05) is 32.1 Å². The van der Waals surface area contributed by atoms with E-state index in [2.05, 4.69) is 0 Å². The van der Waals surface area contributed by atoms with Gasteiger partial charge in [0.15, 0.2) is 0 Å². The van der Waals surface area contributed by atoms with Crippen LogP contribution in [-0.2, 0) is 14.3 Å². The second kappa shape index (κ2) is 9.66. The topological polar surface area (TPSA) is 87.2 Å². The highest BCUT2D eigenvalue weighted by atomic mass is 32.2. The monoisotopic (exact) mass is 432 g/mol. The normalized spacial score (nSPS) is 17.9. The minimum atomic E-state index is -0.358. The number of amides is 3. The number of imide groups is 1. The van der Waals surface area contributed by atoms with Crippen LogP contribution in [0.15, 0.2) is 23.1 Å². The van der Waals surface area contributed by atoms with Crippen molar-refractivity contribution in [2.45, 2.75) is 39.7 Å². The lowest BCUT2D eigenvalue weighted by Gasteiger charge is -2.35. The molecule has 8 heteroatoms. The molecule has 0 radical (unpaired) electrons. The van der Waals surface area contributed by atoms with Gasteiger partial charge in [-0.05, 0) is 44.7 Å². The van der Waals surface area contributed by atoms with Crippen LogP contribution in [0.3, 0.4) is 0 Å². The van der Waals surface area contributed by atoms with Crippen LogP contribution in [0.2, 0.25) is 0 Å². The van der Waals surface area contributed by atoms with Gasteiger partial charge in [0.25, 0.3) is 11.8 Å². The van der Waals surface area contributed by atoms with Gasteiger partial charge in [-0.3, -0.25) is 14.5 Å². The molecule has 0 unspecified atom stereocenters. The molecule has 3 amide bonds. The van der Waals surface area contributed by atoms with Crippen LogP contribution < -0.4 is 0 Å². The molecular weight excluding hydrogens is 404 g/mol. The Morgan fingerprint density at radius 1 is 1.20 bits per heavy atom. The molecule has 1 aromatic carbocycles. The Labute approximate surface area is 181 Å². The third-order valence-electron chi connectivity index (χ3n) is 5.42. The predicted octanol–water partition coefficient (Wildman–Crippen LogP) is 2.73. The summed E-state index contributed by atoms with van der Waals surface area (Å²) < 4.78 is 5.05. The molecule has 162 valence electrons. The SMILES string of the molecule is CCOC(=O)N1CCC(N2C(=O)C(SCCO)=C(c3ccc(C)cc3C)C2=O)CC1. The van der Waals surface area contributed by atoms with Gasteiger partial charge in [-0.1, -0.05) is 23.8 Å². The van der Waals surface area contributed by atoms with Gasteiger partial charge in [0.2, 0.25) is 0 Å². The van der Waals surface area contributed by atoms with Crippen molar-refractivity contribution < 1.29 is 24.2 Å². The molecule has 1 fully saturated rings. The largest absolute Gasteiger partial charge is 0.450 e. The molecule has 0 atom stereocenters. The van der Waals surface area contributed by atoms with Crippen LogP contribution in [0.5, 0.6) is 0 Å². The number of thioether (sulfide) groups is 1. The van der Waals surface area contributed by atoms with E-state index in [1.165, 1.54) is 16.7 Å². The number of ether oxygens (including phenoxy) is 1. The fourth-order valence-electron chi connectivity index (χ4n) is 3.99. The molecule has 1 saturated heterocycles. The summed E-state index contributed by atoms with van der Waals surface area (Å²) in [6.45, 7) is 6.80. The lowest BCUT2D eigenvalue weighted by atomic mass is 9.98. The van der Waals surface area contributed by atoms with Crippen LogP contribution in [0.1, 0.15) is 36.5 Å². The molecule has 2 heterocycles. The van der Waals surface area contributed by atoms with Crippen LogP contribution in [0, 0.1) is 13.8 Å². The number of aliphatic hydroxyl groups is 1. The Balaban J connectivity index is 1.85. The third-order valence-corrected chi connectivity index (χ3v) is 6.47. The summed E-state index contributed by atoms with van der Waals surface area (Å²) >= 11 is 1.22. The van der Waals surface area contributed by atoms with E-state index in [4.69, 9.17) is 4.74 Å². The van der Waals surface area contributed by atoms with E-state index >= 15 is 0 Å². The number of hydrogen-bond acceptors (Lipinski definition) is 6. The first-order chi connectivity index (χ1) is 14.4. The van der Waals surface area contributed by atoms with Crippen molar-refractivity contribution in [1.82, 2.24) is 9.80 Å². The highest BCUT2D eigenvalue weighted by molar-refractivity contribution is 8.04. The Hall–Kier alpha value is -2.32. The lowest BCUT2D eigenvalue weighted by Crippen LogP contribution is -2.49. The molecule has 0 saturated carbocycles. The molecule has 0 aromatic heterocycles. The first kappa shape index (κ1) is 22.4. The van der Waals surface area contributed by atoms with Gasteiger partial charge >= 0.3 is 6.09 Å². The van der Waals surface area contributed by atoms with Gasteiger partial charge in [-0.2, -0.15) is 0 Å². The number of rotatable bonds is 6. The van der Waals surface area contributed by atoms with Gasteiger partial charge in [0.1, 0.15) is 0 Å². The standard InChI is InChI=1S/C22H28N2O5S/c1-4-29-22(28)23-9-7-16(8-10-23)24-20(26)18(19(21(24)27)30-12-11-25)17-6-5-14(2)13-15(17)3/h5-6,13,16,25H,4,7-12H2,1-3H3. The van der Waals surface area contributed by atoms with Gasteiger partial charge in [-0.15, -0.1) is 11.8 Å². The lowest BCUT2D eigenvalue weighted by molar-refractivity contribution is -0.140. The predicted molar refractivity (Wildman–Crippen MR) is 116 cm³/mol. The molecule has 1 N–H and O–H groups in total. The van der Waals surface area contributed by atoms with Gasteiger partial charge in [0.05, 0.1) is 23.7 Å². The summed E-state index contributed by atoms with van der Waals surface area (Å²) in [5.74, 6) is -0.247. The van der Waals surface area contributed by atoms with Crippen molar-refractivity contribution in [1.29, 1.82) is 0 Å². The number of hydrogen-bond donors (Lipinski definition) is 1. The Morgan fingerprint density at radius 2 is 1.90 bits per heavy atom. The van der Waals surface area contributed by atoms with Gasteiger partial charge < -0.3 is 14.7 Å². The molecule has 0 aliphatic carbocycles. The highest BCUT2D eigenvalue weighted by Gasteiger charge is 2.44. The third kappa shape index (κ3) is 4.39. The highest BCUT2D eigenvalue weighted by Crippen LogP contribution is 2.39.